The highest BCUT2D eigenvalue weighted by Crippen LogP contribution is 2.04. The average Bonchev–Trinajstić information content (AvgIpc) is 2.28. The number of carbonyl (C=O) groups excluding carboxylic acids is 1. The van der Waals surface area contributed by atoms with E-state index in [2.05, 4.69) is 9.72 Å². The first kappa shape index (κ1) is 11.7. The Morgan fingerprint density at radius 3 is 2.87 bits per heavy atom. The number of aryl methyl sites for hydroxylation is 1. The molecule has 82 valence electrons. The Morgan fingerprint density at radius 1 is 1.53 bits per heavy atom. The molecule has 0 aliphatic carbocycles. The molecule has 1 N–H and O–H groups in total. The monoisotopic (exact) mass is 209 g/mol. The molecule has 0 radical (unpaired) electrons. The molecule has 0 fully saturated rings. The van der Waals surface area contributed by atoms with Gasteiger partial charge in [-0.15, -0.1) is 0 Å². The molecule has 1 heterocycles. The maximum atomic E-state index is 10.9. The number of hydrogen-bond acceptors (Lipinski definition) is 4. The van der Waals surface area contributed by atoms with Crippen molar-refractivity contribution in [3.05, 3.63) is 29.6 Å². The van der Waals surface area contributed by atoms with Gasteiger partial charge in [0, 0.05) is 12.8 Å². The minimum absolute atomic E-state index is 0.184. The van der Waals surface area contributed by atoms with Crippen LogP contribution in [0.4, 0.5) is 0 Å². The Labute approximate surface area is 88.9 Å². The van der Waals surface area contributed by atoms with Gasteiger partial charge < -0.3 is 9.84 Å². The molecule has 0 aliphatic rings. The van der Waals surface area contributed by atoms with Crippen molar-refractivity contribution in [2.45, 2.75) is 19.3 Å². The number of nitrogens with zero attached hydrogens (tertiary/aromatic N) is 1. The van der Waals surface area contributed by atoms with E-state index in [1.165, 1.54) is 7.11 Å². The zero-order valence-corrected chi connectivity index (χ0v) is 8.77. The third kappa shape index (κ3) is 4.08. The fourth-order valence-corrected chi connectivity index (χ4v) is 1.21. The predicted molar refractivity (Wildman–Crippen MR) is 55.4 cm³/mol. The number of hydrogen-bond donors (Lipinski definition) is 1. The van der Waals surface area contributed by atoms with Gasteiger partial charge in [-0.3, -0.25) is 9.78 Å². The number of aromatic nitrogens is 1. The number of ether oxygens (including phenoxy) is 1. The first-order valence-corrected chi connectivity index (χ1v) is 4.87. The van der Waals surface area contributed by atoms with Crippen molar-refractivity contribution in [1.82, 2.24) is 4.98 Å². The molecule has 4 nitrogen and oxygen atoms in total. The lowest BCUT2D eigenvalue weighted by molar-refractivity contribution is -0.139. The fraction of sp³-hybridized carbons (Fsp3) is 0.455. The van der Waals surface area contributed by atoms with Crippen molar-refractivity contribution >= 4 is 5.97 Å². The maximum absolute atomic E-state index is 10.9. The Kier molecular flexibility index (Phi) is 4.77. The summed E-state index contributed by atoms with van der Waals surface area (Å²) in [5.41, 5.74) is 1.77. The number of esters is 1. The highest BCUT2D eigenvalue weighted by atomic mass is 16.5. The molecule has 0 saturated carbocycles. The summed E-state index contributed by atoms with van der Waals surface area (Å²) in [4.78, 5) is 15.1. The molecule has 0 saturated heterocycles. The number of aliphatic hydroxyl groups excluding tert-OH is 1. The molecule has 15 heavy (non-hydrogen) atoms. The topological polar surface area (TPSA) is 59.4 Å². The van der Waals surface area contributed by atoms with Crippen LogP contribution in [-0.4, -0.2) is 29.8 Å². The number of methoxy groups -OCH3 is 1. The van der Waals surface area contributed by atoms with Crippen molar-refractivity contribution in [3.63, 3.8) is 0 Å². The Bertz CT molecular complexity index is 308. The number of rotatable bonds is 5. The first-order chi connectivity index (χ1) is 7.26. The molecule has 0 aliphatic heterocycles. The van der Waals surface area contributed by atoms with Crippen molar-refractivity contribution < 1.29 is 14.6 Å². The summed E-state index contributed by atoms with van der Waals surface area (Å²) >= 11 is 0. The van der Waals surface area contributed by atoms with E-state index in [0.29, 0.717) is 5.69 Å². The van der Waals surface area contributed by atoms with E-state index in [0.717, 1.165) is 18.4 Å². The van der Waals surface area contributed by atoms with E-state index in [1.54, 1.807) is 6.20 Å². The maximum Gasteiger partial charge on any atom is 0.311 e. The second-order valence-corrected chi connectivity index (χ2v) is 3.24. The number of carbonyl (C=O) groups is 1. The molecule has 0 unspecified atom stereocenters. The van der Waals surface area contributed by atoms with Gasteiger partial charge in [-0.25, -0.2) is 0 Å². The molecule has 4 heteroatoms. The Hall–Kier alpha value is -1.42. The van der Waals surface area contributed by atoms with Crippen LogP contribution in [0, 0.1) is 0 Å². The van der Waals surface area contributed by atoms with Crippen LogP contribution in [0.1, 0.15) is 17.7 Å². The van der Waals surface area contributed by atoms with E-state index in [1.807, 2.05) is 12.1 Å². The van der Waals surface area contributed by atoms with Gasteiger partial charge in [0.05, 0.1) is 19.2 Å². The molecule has 1 rings (SSSR count). The highest BCUT2D eigenvalue weighted by Gasteiger charge is 2.03. The highest BCUT2D eigenvalue weighted by molar-refractivity contribution is 5.71. The average molecular weight is 209 g/mol. The van der Waals surface area contributed by atoms with Crippen molar-refractivity contribution in [2.24, 2.45) is 0 Å². The summed E-state index contributed by atoms with van der Waals surface area (Å²) in [6.45, 7) is 0.184. The molecule has 1 aromatic heterocycles. The molecule has 0 aromatic carbocycles. The largest absolute Gasteiger partial charge is 0.469 e. The van der Waals surface area contributed by atoms with Crippen LogP contribution in [0.5, 0.6) is 0 Å². The smallest absolute Gasteiger partial charge is 0.311 e. The quantitative estimate of drug-likeness (QED) is 0.726. The van der Waals surface area contributed by atoms with Crippen LogP contribution in [0.15, 0.2) is 18.3 Å². The summed E-state index contributed by atoms with van der Waals surface area (Å²) in [6, 6.07) is 3.73. The zero-order chi connectivity index (χ0) is 11.1. The second-order valence-electron chi connectivity index (χ2n) is 3.24. The van der Waals surface area contributed by atoms with Crippen LogP contribution in [0.3, 0.4) is 0 Å². The molecule has 0 atom stereocenters. The van der Waals surface area contributed by atoms with E-state index < -0.39 is 0 Å². The van der Waals surface area contributed by atoms with Crippen LogP contribution in [0.2, 0.25) is 0 Å². The van der Waals surface area contributed by atoms with Crippen molar-refractivity contribution in [1.29, 1.82) is 0 Å². The van der Waals surface area contributed by atoms with Gasteiger partial charge in [0.1, 0.15) is 0 Å². The third-order valence-electron chi connectivity index (χ3n) is 2.06. The van der Waals surface area contributed by atoms with Gasteiger partial charge in [-0.05, 0) is 24.5 Å². The van der Waals surface area contributed by atoms with Crippen molar-refractivity contribution in [3.8, 4) is 0 Å². The van der Waals surface area contributed by atoms with Gasteiger partial charge in [0.2, 0.25) is 0 Å². The molecule has 0 spiro atoms. The standard InChI is InChI=1S/C11H15NO3/c1-15-11(14)7-10-5-4-9(8-12-10)3-2-6-13/h4-5,8,13H,2-3,6-7H2,1H3. The lowest BCUT2D eigenvalue weighted by Crippen LogP contribution is -2.06. The predicted octanol–water partition coefficient (Wildman–Crippen LogP) is 0.722. The molecular weight excluding hydrogens is 194 g/mol. The van der Waals surface area contributed by atoms with Gasteiger partial charge >= 0.3 is 5.97 Å². The van der Waals surface area contributed by atoms with Crippen LogP contribution < -0.4 is 0 Å². The summed E-state index contributed by atoms with van der Waals surface area (Å²) in [6.07, 6.45) is 3.48. The summed E-state index contributed by atoms with van der Waals surface area (Å²) < 4.78 is 4.54. The molecule has 1 aromatic rings. The van der Waals surface area contributed by atoms with Crippen LogP contribution in [0.25, 0.3) is 0 Å². The normalized spacial score (nSPS) is 10.0. The Morgan fingerprint density at radius 2 is 2.33 bits per heavy atom. The minimum atomic E-state index is -0.286. The lowest BCUT2D eigenvalue weighted by atomic mass is 10.1. The van der Waals surface area contributed by atoms with E-state index >= 15 is 0 Å². The van der Waals surface area contributed by atoms with E-state index in [-0.39, 0.29) is 19.0 Å². The summed E-state index contributed by atoms with van der Waals surface area (Å²) in [5, 5.41) is 8.65. The summed E-state index contributed by atoms with van der Waals surface area (Å²) in [7, 11) is 1.36. The van der Waals surface area contributed by atoms with E-state index in [4.69, 9.17) is 5.11 Å². The van der Waals surface area contributed by atoms with Gasteiger partial charge in [0.25, 0.3) is 0 Å². The Balaban J connectivity index is 2.52. The lowest BCUT2D eigenvalue weighted by Gasteiger charge is -2.01. The van der Waals surface area contributed by atoms with Gasteiger partial charge in [-0.2, -0.15) is 0 Å². The van der Waals surface area contributed by atoms with Crippen LogP contribution >= 0.6 is 0 Å². The fourth-order valence-electron chi connectivity index (χ4n) is 1.21. The molecular formula is C11H15NO3. The summed E-state index contributed by atoms with van der Waals surface area (Å²) in [5.74, 6) is -0.286. The van der Waals surface area contributed by atoms with Crippen LogP contribution in [-0.2, 0) is 22.4 Å². The molecule has 0 amide bonds. The number of aliphatic hydroxyl groups is 1. The third-order valence-corrected chi connectivity index (χ3v) is 2.06. The zero-order valence-electron chi connectivity index (χ0n) is 8.77. The second kappa shape index (κ2) is 6.14. The molecule has 0 bridgehead atoms. The minimum Gasteiger partial charge on any atom is -0.469 e. The SMILES string of the molecule is COC(=O)Cc1ccc(CCCO)cn1. The van der Waals surface area contributed by atoms with Gasteiger partial charge in [-0.1, -0.05) is 6.07 Å². The van der Waals surface area contributed by atoms with Crippen molar-refractivity contribution in [2.75, 3.05) is 13.7 Å². The number of pyridine rings is 1. The van der Waals surface area contributed by atoms with Gasteiger partial charge in [0.15, 0.2) is 0 Å². The first-order valence-electron chi connectivity index (χ1n) is 4.87. The van der Waals surface area contributed by atoms with E-state index in [9.17, 15) is 4.79 Å².